The predicted octanol–water partition coefficient (Wildman–Crippen LogP) is 2.77. The highest BCUT2D eigenvalue weighted by molar-refractivity contribution is 5.26. The molecule has 90 valence electrons. The van der Waals surface area contributed by atoms with Gasteiger partial charge in [-0.25, -0.2) is 0 Å². The molecule has 0 saturated heterocycles. The van der Waals surface area contributed by atoms with Crippen molar-refractivity contribution in [3.63, 3.8) is 0 Å². The number of hydrogen-bond acceptors (Lipinski definition) is 2. The van der Waals surface area contributed by atoms with E-state index < -0.39 is 0 Å². The van der Waals surface area contributed by atoms with E-state index in [9.17, 15) is 0 Å². The van der Waals surface area contributed by atoms with E-state index in [2.05, 4.69) is 43.0 Å². The summed E-state index contributed by atoms with van der Waals surface area (Å²) in [5, 5.41) is 0. The Balaban J connectivity index is 2.67. The summed E-state index contributed by atoms with van der Waals surface area (Å²) in [5.41, 5.74) is 8.41. The van der Waals surface area contributed by atoms with Crippen molar-refractivity contribution in [1.29, 1.82) is 0 Å². The van der Waals surface area contributed by atoms with Crippen LogP contribution in [0.1, 0.15) is 37.8 Å². The third kappa shape index (κ3) is 3.95. The van der Waals surface area contributed by atoms with Crippen molar-refractivity contribution in [3.8, 4) is 0 Å². The van der Waals surface area contributed by atoms with Gasteiger partial charge in [0.05, 0.1) is 0 Å². The van der Waals surface area contributed by atoms with Crippen molar-refractivity contribution in [3.05, 3.63) is 35.4 Å². The fourth-order valence-electron chi connectivity index (χ4n) is 2.05. The second-order valence-electron chi connectivity index (χ2n) is 4.25. The molecule has 16 heavy (non-hydrogen) atoms. The van der Waals surface area contributed by atoms with Crippen LogP contribution in [0.3, 0.4) is 0 Å². The fourth-order valence-corrected chi connectivity index (χ4v) is 2.05. The number of rotatable bonds is 7. The fraction of sp³-hybridized carbons (Fsp3) is 0.571. The summed E-state index contributed by atoms with van der Waals surface area (Å²) in [6.45, 7) is 8.49. The van der Waals surface area contributed by atoms with Crippen molar-refractivity contribution >= 4 is 0 Å². The molecule has 0 aliphatic heterocycles. The highest BCUT2D eigenvalue weighted by atomic mass is 15.1. The first-order valence-corrected chi connectivity index (χ1v) is 6.31. The first-order valence-electron chi connectivity index (χ1n) is 6.31. The van der Waals surface area contributed by atoms with Crippen LogP contribution >= 0.6 is 0 Å². The van der Waals surface area contributed by atoms with Gasteiger partial charge in [-0.3, -0.25) is 4.90 Å². The standard InChI is InChI=1S/C14H24N2/c1-3-9-16(10-4-2)12-14-8-6-5-7-13(14)11-15/h5-8H,3-4,9-12,15H2,1-2H3. The van der Waals surface area contributed by atoms with Crippen LogP contribution in [-0.4, -0.2) is 18.0 Å². The summed E-state index contributed by atoms with van der Waals surface area (Å²) in [5.74, 6) is 0. The van der Waals surface area contributed by atoms with Gasteiger partial charge in [0.2, 0.25) is 0 Å². The molecule has 0 aromatic heterocycles. The van der Waals surface area contributed by atoms with Crippen molar-refractivity contribution in [2.24, 2.45) is 5.73 Å². The van der Waals surface area contributed by atoms with Crippen molar-refractivity contribution in [1.82, 2.24) is 4.90 Å². The Kier molecular flexibility index (Phi) is 6.12. The summed E-state index contributed by atoms with van der Waals surface area (Å²) in [6, 6.07) is 8.49. The van der Waals surface area contributed by atoms with Crippen LogP contribution in [0, 0.1) is 0 Å². The molecular formula is C14H24N2. The number of hydrogen-bond donors (Lipinski definition) is 1. The molecule has 2 nitrogen and oxygen atoms in total. The van der Waals surface area contributed by atoms with Crippen molar-refractivity contribution in [2.45, 2.75) is 39.8 Å². The van der Waals surface area contributed by atoms with Gasteiger partial charge in [-0.2, -0.15) is 0 Å². The van der Waals surface area contributed by atoms with Crippen LogP contribution < -0.4 is 5.73 Å². The molecule has 0 aliphatic rings. The second-order valence-corrected chi connectivity index (χ2v) is 4.25. The van der Waals surface area contributed by atoms with Gasteiger partial charge in [0, 0.05) is 13.1 Å². The number of benzene rings is 1. The van der Waals surface area contributed by atoms with E-state index in [4.69, 9.17) is 5.73 Å². The number of nitrogens with two attached hydrogens (primary N) is 1. The SMILES string of the molecule is CCCN(CCC)Cc1ccccc1CN. The predicted molar refractivity (Wildman–Crippen MR) is 70.2 cm³/mol. The van der Waals surface area contributed by atoms with Crippen LogP contribution in [0.4, 0.5) is 0 Å². The van der Waals surface area contributed by atoms with Crippen molar-refractivity contribution in [2.75, 3.05) is 13.1 Å². The molecule has 0 spiro atoms. The van der Waals surface area contributed by atoms with Gasteiger partial charge in [-0.05, 0) is 37.1 Å². The van der Waals surface area contributed by atoms with Crippen LogP contribution in [0.5, 0.6) is 0 Å². The topological polar surface area (TPSA) is 29.3 Å². The summed E-state index contributed by atoms with van der Waals surface area (Å²) in [4.78, 5) is 2.51. The Bertz CT molecular complexity index is 291. The summed E-state index contributed by atoms with van der Waals surface area (Å²) in [7, 11) is 0. The summed E-state index contributed by atoms with van der Waals surface area (Å²) < 4.78 is 0. The lowest BCUT2D eigenvalue weighted by molar-refractivity contribution is 0.266. The molecule has 0 amide bonds. The maximum Gasteiger partial charge on any atom is 0.0236 e. The van der Waals surface area contributed by atoms with Crippen LogP contribution in [0.2, 0.25) is 0 Å². The number of nitrogens with zero attached hydrogens (tertiary/aromatic N) is 1. The average Bonchev–Trinajstić information content (AvgIpc) is 2.30. The van der Waals surface area contributed by atoms with E-state index in [1.807, 2.05) is 0 Å². The summed E-state index contributed by atoms with van der Waals surface area (Å²) in [6.07, 6.45) is 2.43. The first-order chi connectivity index (χ1) is 7.81. The largest absolute Gasteiger partial charge is 0.326 e. The van der Waals surface area contributed by atoms with Crippen molar-refractivity contribution < 1.29 is 0 Å². The van der Waals surface area contributed by atoms with Gasteiger partial charge in [0.1, 0.15) is 0 Å². The van der Waals surface area contributed by atoms with E-state index in [0.29, 0.717) is 6.54 Å². The van der Waals surface area contributed by atoms with Gasteiger partial charge in [-0.1, -0.05) is 38.1 Å². The summed E-state index contributed by atoms with van der Waals surface area (Å²) >= 11 is 0. The Morgan fingerprint density at radius 2 is 1.56 bits per heavy atom. The molecule has 0 radical (unpaired) electrons. The molecule has 1 aromatic carbocycles. The van der Waals surface area contributed by atoms with Gasteiger partial charge >= 0.3 is 0 Å². The molecular weight excluding hydrogens is 196 g/mol. The molecule has 0 saturated carbocycles. The van der Waals surface area contributed by atoms with Crippen LogP contribution in [-0.2, 0) is 13.1 Å². The third-order valence-electron chi connectivity index (χ3n) is 2.81. The molecule has 1 aromatic rings. The maximum absolute atomic E-state index is 5.76. The average molecular weight is 220 g/mol. The van der Waals surface area contributed by atoms with Gasteiger partial charge in [-0.15, -0.1) is 0 Å². The zero-order valence-electron chi connectivity index (χ0n) is 10.6. The minimum absolute atomic E-state index is 0.641. The molecule has 0 bridgehead atoms. The highest BCUT2D eigenvalue weighted by Gasteiger charge is 2.06. The Hall–Kier alpha value is -0.860. The van der Waals surface area contributed by atoms with Crippen LogP contribution in [0.25, 0.3) is 0 Å². The molecule has 0 fully saturated rings. The van der Waals surface area contributed by atoms with E-state index in [1.165, 1.54) is 37.1 Å². The zero-order valence-corrected chi connectivity index (χ0v) is 10.6. The monoisotopic (exact) mass is 220 g/mol. The normalized spacial score (nSPS) is 11.0. The maximum atomic E-state index is 5.76. The molecule has 2 heteroatoms. The van der Waals surface area contributed by atoms with Crippen LogP contribution in [0.15, 0.2) is 24.3 Å². The molecule has 0 atom stereocenters. The minimum atomic E-state index is 0.641. The van der Waals surface area contributed by atoms with E-state index >= 15 is 0 Å². The zero-order chi connectivity index (χ0) is 11.8. The minimum Gasteiger partial charge on any atom is -0.326 e. The molecule has 1 rings (SSSR count). The lowest BCUT2D eigenvalue weighted by Crippen LogP contribution is -2.25. The lowest BCUT2D eigenvalue weighted by atomic mass is 10.1. The Morgan fingerprint density at radius 1 is 1.00 bits per heavy atom. The second kappa shape index (κ2) is 7.42. The smallest absolute Gasteiger partial charge is 0.0236 e. The van der Waals surface area contributed by atoms with E-state index in [0.717, 1.165) is 6.54 Å². The molecule has 0 heterocycles. The molecule has 0 aliphatic carbocycles. The lowest BCUT2D eigenvalue weighted by Gasteiger charge is -2.22. The van der Waals surface area contributed by atoms with Gasteiger partial charge in [0.15, 0.2) is 0 Å². The Labute approximate surface area is 99.5 Å². The Morgan fingerprint density at radius 3 is 2.06 bits per heavy atom. The van der Waals surface area contributed by atoms with E-state index in [-0.39, 0.29) is 0 Å². The van der Waals surface area contributed by atoms with Gasteiger partial charge < -0.3 is 5.73 Å². The third-order valence-corrected chi connectivity index (χ3v) is 2.81. The first kappa shape index (κ1) is 13.2. The highest BCUT2D eigenvalue weighted by Crippen LogP contribution is 2.11. The quantitative estimate of drug-likeness (QED) is 0.765. The van der Waals surface area contributed by atoms with Gasteiger partial charge in [0.25, 0.3) is 0 Å². The molecule has 0 unspecified atom stereocenters. The molecule has 2 N–H and O–H groups in total. The van der Waals surface area contributed by atoms with E-state index in [1.54, 1.807) is 0 Å².